The average Bonchev–Trinajstić information content (AvgIpc) is 3.40. The van der Waals surface area contributed by atoms with E-state index in [1.807, 2.05) is 106 Å². The van der Waals surface area contributed by atoms with E-state index in [4.69, 9.17) is 24.3 Å². The molecule has 1 aliphatic rings. The maximum Gasteiger partial charge on any atom is 0.306 e. The molecule has 3 aromatic carbocycles. The molecule has 0 radical (unpaired) electrons. The number of carbonyl (C=O) groups excluding carboxylic acids is 2. The summed E-state index contributed by atoms with van der Waals surface area (Å²) in [5, 5.41) is 12.1. The van der Waals surface area contributed by atoms with Gasteiger partial charge in [-0.05, 0) is 74.7 Å². The van der Waals surface area contributed by atoms with Crippen LogP contribution in [0.1, 0.15) is 62.8 Å². The number of carbonyl (C=O) groups is 2. The first-order valence-electron chi connectivity index (χ1n) is 14.9. The van der Waals surface area contributed by atoms with Crippen LogP contribution in [0.5, 0.6) is 5.75 Å². The Kier molecular flexibility index (Phi) is 10.7. The third-order valence-electron chi connectivity index (χ3n) is 7.17. The number of aliphatic imine (C=N–C) groups is 1. The van der Waals surface area contributed by atoms with E-state index >= 15 is 0 Å². The summed E-state index contributed by atoms with van der Waals surface area (Å²) in [5.74, 6) is 0.194. The minimum absolute atomic E-state index is 0.0245. The fourth-order valence-electron chi connectivity index (χ4n) is 4.93. The number of benzene rings is 3. The van der Waals surface area contributed by atoms with Crippen LogP contribution >= 0.6 is 0 Å². The third-order valence-corrected chi connectivity index (χ3v) is 7.17. The van der Waals surface area contributed by atoms with Crippen molar-refractivity contribution in [1.29, 1.82) is 0 Å². The van der Waals surface area contributed by atoms with E-state index < -0.39 is 23.2 Å². The number of anilines is 1. The second-order valence-electron chi connectivity index (χ2n) is 12.0. The molecule has 0 spiro atoms. The number of nitrogens with zero attached hydrogens (tertiary/aromatic N) is 2. The van der Waals surface area contributed by atoms with Crippen molar-refractivity contribution in [1.82, 2.24) is 5.32 Å². The third kappa shape index (κ3) is 8.38. The lowest BCUT2D eigenvalue weighted by atomic mass is 9.83. The van der Waals surface area contributed by atoms with E-state index in [9.17, 15) is 9.59 Å². The summed E-state index contributed by atoms with van der Waals surface area (Å²) in [4.78, 5) is 34.2. The number of hydrogen-bond donors (Lipinski definition) is 2. The maximum absolute atomic E-state index is 14.3. The molecule has 9 nitrogen and oxygen atoms in total. The van der Waals surface area contributed by atoms with Gasteiger partial charge in [0.15, 0.2) is 11.6 Å². The smallest absolute Gasteiger partial charge is 0.306 e. The zero-order valence-electron chi connectivity index (χ0n) is 26.2. The Bertz CT molecular complexity index is 1420. The predicted octanol–water partition coefficient (Wildman–Crippen LogP) is 5.21. The highest BCUT2D eigenvalue weighted by molar-refractivity contribution is 6.01. The lowest BCUT2D eigenvalue weighted by molar-refractivity contribution is -0.155. The van der Waals surface area contributed by atoms with Crippen LogP contribution in [0.3, 0.4) is 0 Å². The normalized spacial score (nSPS) is 17.8. The lowest BCUT2D eigenvalue weighted by Crippen LogP contribution is -2.48. The zero-order chi connectivity index (χ0) is 31.7. The van der Waals surface area contributed by atoms with Crippen molar-refractivity contribution in [2.45, 2.75) is 63.8 Å². The molecule has 3 aromatic rings. The van der Waals surface area contributed by atoms with Gasteiger partial charge in [-0.3, -0.25) is 9.59 Å². The molecule has 1 heterocycles. The van der Waals surface area contributed by atoms with Crippen LogP contribution in [0.4, 0.5) is 5.69 Å². The van der Waals surface area contributed by atoms with Crippen LogP contribution in [-0.4, -0.2) is 61.3 Å². The molecule has 0 saturated heterocycles. The molecule has 1 aliphatic heterocycles. The summed E-state index contributed by atoms with van der Waals surface area (Å²) in [7, 11) is 3.95. The van der Waals surface area contributed by atoms with Crippen LogP contribution in [-0.2, 0) is 25.6 Å². The molecule has 234 valence electrons. The fourth-order valence-corrected chi connectivity index (χ4v) is 4.93. The molecule has 0 bridgehead atoms. The first kappa shape index (κ1) is 32.5. The summed E-state index contributed by atoms with van der Waals surface area (Å²) in [6.45, 7) is 6.18. The molecule has 0 aliphatic carbocycles. The molecule has 44 heavy (non-hydrogen) atoms. The molecule has 0 saturated carbocycles. The highest BCUT2D eigenvalue weighted by atomic mass is 16.6. The van der Waals surface area contributed by atoms with Gasteiger partial charge in [0, 0.05) is 51.3 Å². The zero-order valence-corrected chi connectivity index (χ0v) is 26.2. The standard InChI is InChI=1S/C35H43N3O6/c1-34(2,3)44-30(40)20-21-35(33(41)36-24-25-12-16-28(17-13-25)38(4)5)31(26-10-7-6-8-11-26)43-32(37-35)27-14-18-29(19-15-27)42-23-9-22-39/h6-8,10-19,31,39H,9,20-24H2,1-5H3,(H,36,41)/t31-,35-/m1/s1. The van der Waals surface area contributed by atoms with Gasteiger partial charge in [0.25, 0.3) is 5.91 Å². The van der Waals surface area contributed by atoms with Crippen molar-refractivity contribution in [3.63, 3.8) is 0 Å². The Hall–Kier alpha value is -4.37. The van der Waals surface area contributed by atoms with Gasteiger partial charge in [-0.1, -0.05) is 42.5 Å². The minimum Gasteiger partial charge on any atom is -0.494 e. The number of rotatable bonds is 13. The summed E-state index contributed by atoms with van der Waals surface area (Å²) >= 11 is 0. The fraction of sp³-hybridized carbons (Fsp3) is 0.400. The van der Waals surface area contributed by atoms with Crippen molar-refractivity contribution in [2.75, 3.05) is 32.2 Å². The number of aliphatic hydroxyl groups is 1. The van der Waals surface area contributed by atoms with Gasteiger partial charge in [0.1, 0.15) is 11.4 Å². The van der Waals surface area contributed by atoms with E-state index in [-0.39, 0.29) is 31.9 Å². The number of amides is 1. The maximum atomic E-state index is 14.3. The van der Waals surface area contributed by atoms with Crippen LogP contribution < -0.4 is 15.0 Å². The SMILES string of the molecule is CN(C)c1ccc(CNC(=O)[C@]2(CCC(=O)OC(C)(C)C)N=C(c3ccc(OCCCO)cc3)O[C@@H]2c2ccccc2)cc1. The number of ether oxygens (including phenoxy) is 3. The van der Waals surface area contributed by atoms with E-state index in [1.165, 1.54) is 0 Å². The monoisotopic (exact) mass is 601 g/mol. The van der Waals surface area contributed by atoms with Crippen molar-refractivity contribution < 1.29 is 28.9 Å². The molecule has 1 amide bonds. The van der Waals surface area contributed by atoms with Crippen molar-refractivity contribution in [3.8, 4) is 5.75 Å². The molecular weight excluding hydrogens is 558 g/mol. The molecular formula is C35H43N3O6. The second-order valence-corrected chi connectivity index (χ2v) is 12.0. The van der Waals surface area contributed by atoms with Crippen LogP contribution in [0.25, 0.3) is 0 Å². The quantitative estimate of drug-likeness (QED) is 0.205. The Labute approximate surface area is 259 Å². The van der Waals surface area contributed by atoms with Crippen molar-refractivity contribution >= 4 is 23.5 Å². The predicted molar refractivity (Wildman–Crippen MR) is 171 cm³/mol. The summed E-state index contributed by atoms with van der Waals surface area (Å²) in [6.07, 6.45) is -0.189. The molecule has 2 atom stereocenters. The molecule has 9 heteroatoms. The van der Waals surface area contributed by atoms with Crippen LogP contribution in [0.15, 0.2) is 83.9 Å². The van der Waals surface area contributed by atoms with E-state index in [2.05, 4.69) is 5.32 Å². The number of aliphatic hydroxyl groups excluding tert-OH is 1. The Morgan fingerprint density at radius 1 is 1.00 bits per heavy atom. The van der Waals surface area contributed by atoms with Crippen molar-refractivity contribution in [2.24, 2.45) is 4.99 Å². The highest BCUT2D eigenvalue weighted by Gasteiger charge is 2.53. The van der Waals surface area contributed by atoms with Gasteiger partial charge in [0.2, 0.25) is 5.90 Å². The average molecular weight is 602 g/mol. The van der Waals surface area contributed by atoms with E-state index in [0.29, 0.717) is 30.2 Å². The molecule has 0 aromatic heterocycles. The van der Waals surface area contributed by atoms with E-state index in [0.717, 1.165) is 16.8 Å². The highest BCUT2D eigenvalue weighted by Crippen LogP contribution is 2.43. The number of hydrogen-bond acceptors (Lipinski definition) is 8. The topological polar surface area (TPSA) is 110 Å². The summed E-state index contributed by atoms with van der Waals surface area (Å²) < 4.78 is 17.8. The van der Waals surface area contributed by atoms with E-state index in [1.54, 1.807) is 12.1 Å². The minimum atomic E-state index is -1.44. The van der Waals surface area contributed by atoms with Gasteiger partial charge < -0.3 is 29.5 Å². The van der Waals surface area contributed by atoms with Gasteiger partial charge in [-0.2, -0.15) is 0 Å². The molecule has 4 rings (SSSR count). The Morgan fingerprint density at radius 3 is 2.30 bits per heavy atom. The molecule has 2 N–H and O–H groups in total. The summed E-state index contributed by atoms with van der Waals surface area (Å²) in [5.41, 5.74) is 1.33. The largest absolute Gasteiger partial charge is 0.494 e. The molecule has 0 fully saturated rings. The first-order valence-corrected chi connectivity index (χ1v) is 14.9. The van der Waals surface area contributed by atoms with Gasteiger partial charge in [-0.25, -0.2) is 4.99 Å². The van der Waals surface area contributed by atoms with Gasteiger partial charge in [-0.15, -0.1) is 0 Å². The van der Waals surface area contributed by atoms with Crippen LogP contribution in [0, 0.1) is 0 Å². The summed E-state index contributed by atoms with van der Waals surface area (Å²) in [6, 6.07) is 24.7. The van der Waals surface area contributed by atoms with Gasteiger partial charge >= 0.3 is 5.97 Å². The lowest BCUT2D eigenvalue weighted by Gasteiger charge is -2.31. The first-order chi connectivity index (χ1) is 21.0. The Balaban J connectivity index is 1.68. The van der Waals surface area contributed by atoms with Crippen LogP contribution in [0.2, 0.25) is 0 Å². The van der Waals surface area contributed by atoms with Crippen molar-refractivity contribution in [3.05, 3.63) is 95.6 Å². The number of nitrogens with one attached hydrogen (secondary N) is 1. The number of esters is 1. The second kappa shape index (κ2) is 14.4. The molecule has 0 unspecified atom stereocenters. The Morgan fingerprint density at radius 2 is 1.68 bits per heavy atom. The van der Waals surface area contributed by atoms with Gasteiger partial charge in [0.05, 0.1) is 6.61 Å².